The van der Waals surface area contributed by atoms with Crippen LogP contribution in [0.5, 0.6) is 0 Å². The smallest absolute Gasteiger partial charge is 0.136 e. The molecule has 0 aliphatic carbocycles. The Hall–Kier alpha value is -8.40. The lowest BCUT2D eigenvalue weighted by Gasteiger charge is -2.28. The van der Waals surface area contributed by atoms with Crippen LogP contribution in [0.1, 0.15) is 0 Å². The van der Waals surface area contributed by atoms with Crippen molar-refractivity contribution in [1.29, 1.82) is 0 Å². The van der Waals surface area contributed by atoms with Crippen molar-refractivity contribution in [1.82, 2.24) is 4.57 Å². The van der Waals surface area contributed by atoms with Crippen LogP contribution in [-0.4, -0.2) is 4.57 Å². The SMILES string of the molecule is c1ccc(-n2c3cc(-c4ccc(N(c5ccc(-c6cccc7oc8ccccc8c67)cc5)c5cc6ccccc6c6ccccc56)cc4)ccc3c3ccc4ccccc4c32)cc1. The summed E-state index contributed by atoms with van der Waals surface area (Å²) in [5.74, 6) is 0. The molecule has 0 atom stereocenters. The zero-order chi connectivity index (χ0) is 41.4. The van der Waals surface area contributed by atoms with Gasteiger partial charge >= 0.3 is 0 Å². The molecule has 0 radical (unpaired) electrons. The van der Waals surface area contributed by atoms with Crippen LogP contribution in [0.15, 0.2) is 235 Å². The summed E-state index contributed by atoms with van der Waals surface area (Å²) >= 11 is 0. The van der Waals surface area contributed by atoms with Crippen LogP contribution < -0.4 is 4.90 Å². The van der Waals surface area contributed by atoms with Gasteiger partial charge in [-0.3, -0.25) is 0 Å². The first-order chi connectivity index (χ1) is 31.2. The third-order valence-electron chi connectivity index (χ3n) is 13.0. The Balaban J connectivity index is 0.966. The molecule has 0 aliphatic rings. The standard InChI is InChI=1S/C60H38N2O/c1-2-15-44(16-3-1)62-56-37-42(30-35-52(56)53-36-29-40-13-4-7-18-49(40)60(53)62)39-25-31-45(32-26-39)61(55-38-43-14-5-6-17-47(43)50-19-8-9-20-51(50)55)46-33-27-41(28-34-46)48-22-12-24-58-59(48)54-21-10-11-23-57(54)63-58/h1-38H. The fourth-order valence-electron chi connectivity index (χ4n) is 10.1. The average molecular weight is 803 g/mol. The molecule has 13 rings (SSSR count). The van der Waals surface area contributed by atoms with Gasteiger partial charge in [-0.1, -0.05) is 170 Å². The van der Waals surface area contributed by atoms with Gasteiger partial charge in [0.05, 0.1) is 16.7 Å². The van der Waals surface area contributed by atoms with Gasteiger partial charge < -0.3 is 13.9 Å². The molecule has 0 spiro atoms. The number of nitrogens with zero attached hydrogens (tertiary/aromatic N) is 2. The molecule has 0 unspecified atom stereocenters. The topological polar surface area (TPSA) is 21.3 Å². The summed E-state index contributed by atoms with van der Waals surface area (Å²) in [6, 6.07) is 83.6. The lowest BCUT2D eigenvalue weighted by molar-refractivity contribution is 0.669. The molecule has 294 valence electrons. The van der Waals surface area contributed by atoms with Crippen molar-refractivity contribution < 1.29 is 4.42 Å². The summed E-state index contributed by atoms with van der Waals surface area (Å²) in [7, 11) is 0. The van der Waals surface area contributed by atoms with Gasteiger partial charge in [0.1, 0.15) is 11.2 Å². The Morgan fingerprint density at radius 1 is 0.349 bits per heavy atom. The molecule has 0 aliphatic heterocycles. The Morgan fingerprint density at radius 3 is 1.75 bits per heavy atom. The van der Waals surface area contributed by atoms with Gasteiger partial charge in [0, 0.05) is 49.4 Å². The normalized spacial score (nSPS) is 11.8. The number of hydrogen-bond donors (Lipinski definition) is 0. The van der Waals surface area contributed by atoms with Crippen LogP contribution in [0.3, 0.4) is 0 Å². The van der Waals surface area contributed by atoms with Crippen molar-refractivity contribution >= 4 is 93.1 Å². The van der Waals surface area contributed by atoms with Gasteiger partial charge in [-0.05, 0) is 104 Å². The van der Waals surface area contributed by atoms with E-state index in [0.717, 1.165) is 61.4 Å². The van der Waals surface area contributed by atoms with Crippen LogP contribution in [0, 0.1) is 0 Å². The van der Waals surface area contributed by atoms with Crippen molar-refractivity contribution in [2.24, 2.45) is 0 Å². The highest BCUT2D eigenvalue weighted by molar-refractivity contribution is 6.19. The molecule has 0 bridgehead atoms. The second kappa shape index (κ2) is 14.1. The zero-order valence-corrected chi connectivity index (χ0v) is 34.2. The monoisotopic (exact) mass is 802 g/mol. The second-order valence-corrected chi connectivity index (χ2v) is 16.5. The van der Waals surface area contributed by atoms with Crippen LogP contribution in [-0.2, 0) is 0 Å². The molecular formula is C60H38N2O. The second-order valence-electron chi connectivity index (χ2n) is 16.5. The lowest BCUT2D eigenvalue weighted by Crippen LogP contribution is -2.10. The predicted molar refractivity (Wildman–Crippen MR) is 266 cm³/mol. The number of hydrogen-bond acceptors (Lipinski definition) is 2. The maximum Gasteiger partial charge on any atom is 0.136 e. The summed E-state index contributed by atoms with van der Waals surface area (Å²) in [6.45, 7) is 0. The third kappa shape index (κ3) is 5.60. The van der Waals surface area contributed by atoms with Crippen molar-refractivity contribution in [2.45, 2.75) is 0 Å². The van der Waals surface area contributed by atoms with Crippen molar-refractivity contribution in [2.75, 3.05) is 4.90 Å². The molecule has 3 heteroatoms. The minimum absolute atomic E-state index is 0.899. The van der Waals surface area contributed by atoms with Crippen molar-refractivity contribution in [3.8, 4) is 27.9 Å². The van der Waals surface area contributed by atoms with Crippen LogP contribution in [0.2, 0.25) is 0 Å². The number of furan rings is 1. The Labute approximate surface area is 363 Å². The average Bonchev–Trinajstić information content (AvgIpc) is 3.91. The molecular weight excluding hydrogens is 765 g/mol. The fourth-order valence-corrected chi connectivity index (χ4v) is 10.1. The molecule has 0 fully saturated rings. The maximum absolute atomic E-state index is 6.28. The summed E-state index contributed by atoms with van der Waals surface area (Å²) < 4.78 is 8.72. The van der Waals surface area contributed by atoms with Gasteiger partial charge in [-0.25, -0.2) is 0 Å². The van der Waals surface area contributed by atoms with Gasteiger partial charge in [-0.2, -0.15) is 0 Å². The molecule has 13 aromatic rings. The number of benzene rings is 11. The molecule has 11 aromatic carbocycles. The molecule has 3 nitrogen and oxygen atoms in total. The molecule has 2 heterocycles. The first-order valence-electron chi connectivity index (χ1n) is 21.6. The molecule has 0 saturated heterocycles. The Morgan fingerprint density at radius 2 is 0.952 bits per heavy atom. The predicted octanol–water partition coefficient (Wildman–Crippen LogP) is 16.9. The van der Waals surface area contributed by atoms with Gasteiger partial charge in [0.15, 0.2) is 0 Å². The molecule has 0 saturated carbocycles. The highest BCUT2D eigenvalue weighted by atomic mass is 16.3. The number of para-hydroxylation sites is 2. The van der Waals surface area contributed by atoms with E-state index in [2.05, 4.69) is 228 Å². The lowest BCUT2D eigenvalue weighted by atomic mass is 9.97. The van der Waals surface area contributed by atoms with E-state index in [0.29, 0.717) is 0 Å². The maximum atomic E-state index is 6.28. The summed E-state index contributed by atoms with van der Waals surface area (Å²) in [5.41, 5.74) is 13.3. The van der Waals surface area contributed by atoms with Gasteiger partial charge in [0.2, 0.25) is 0 Å². The van der Waals surface area contributed by atoms with E-state index in [1.165, 1.54) is 59.7 Å². The summed E-state index contributed by atoms with van der Waals surface area (Å²) in [6.07, 6.45) is 0. The highest BCUT2D eigenvalue weighted by Gasteiger charge is 2.20. The van der Waals surface area contributed by atoms with E-state index < -0.39 is 0 Å². The minimum atomic E-state index is 0.899. The van der Waals surface area contributed by atoms with Crippen LogP contribution in [0.4, 0.5) is 17.1 Å². The fraction of sp³-hybridized carbons (Fsp3) is 0. The Kier molecular flexibility index (Phi) is 7.91. The molecule has 2 aromatic heterocycles. The Bertz CT molecular complexity index is 3900. The molecule has 0 N–H and O–H groups in total. The van der Waals surface area contributed by atoms with Gasteiger partial charge in [0.25, 0.3) is 0 Å². The molecule has 0 amide bonds. The van der Waals surface area contributed by atoms with E-state index in [9.17, 15) is 0 Å². The zero-order valence-electron chi connectivity index (χ0n) is 34.2. The number of aromatic nitrogens is 1. The first kappa shape index (κ1) is 35.4. The van der Waals surface area contributed by atoms with Crippen molar-refractivity contribution in [3.05, 3.63) is 231 Å². The number of anilines is 3. The largest absolute Gasteiger partial charge is 0.456 e. The van der Waals surface area contributed by atoms with Crippen molar-refractivity contribution in [3.63, 3.8) is 0 Å². The van der Waals surface area contributed by atoms with Gasteiger partial charge in [-0.15, -0.1) is 0 Å². The van der Waals surface area contributed by atoms with Crippen LogP contribution in [0.25, 0.3) is 104 Å². The number of rotatable bonds is 6. The summed E-state index contributed by atoms with van der Waals surface area (Å²) in [5, 5.41) is 12.2. The minimum Gasteiger partial charge on any atom is -0.456 e. The molecule has 63 heavy (non-hydrogen) atoms. The van der Waals surface area contributed by atoms with E-state index in [-0.39, 0.29) is 0 Å². The number of fused-ring (bicyclic) bond motifs is 11. The van der Waals surface area contributed by atoms with E-state index in [1.54, 1.807) is 0 Å². The van der Waals surface area contributed by atoms with E-state index in [1.807, 2.05) is 12.1 Å². The highest BCUT2D eigenvalue weighted by Crippen LogP contribution is 2.45. The quantitative estimate of drug-likeness (QED) is 0.156. The van der Waals surface area contributed by atoms with Crippen LogP contribution >= 0.6 is 0 Å². The van der Waals surface area contributed by atoms with E-state index in [4.69, 9.17) is 4.42 Å². The van der Waals surface area contributed by atoms with E-state index >= 15 is 0 Å². The first-order valence-corrected chi connectivity index (χ1v) is 21.6. The summed E-state index contributed by atoms with van der Waals surface area (Å²) in [4.78, 5) is 2.41. The third-order valence-corrected chi connectivity index (χ3v) is 13.0.